The minimum absolute atomic E-state index is 0.00146. The third-order valence-electron chi connectivity index (χ3n) is 14.7. The number of carbonyl (C=O) groups is 2. The summed E-state index contributed by atoms with van der Waals surface area (Å²) in [7, 11) is 0. The van der Waals surface area contributed by atoms with Crippen molar-refractivity contribution in [2.45, 2.75) is 360 Å². The molecule has 0 heterocycles. The van der Waals surface area contributed by atoms with E-state index in [-0.39, 0.29) is 18.5 Å². The summed E-state index contributed by atoms with van der Waals surface area (Å²) < 4.78 is 5.49. The Morgan fingerprint density at radius 2 is 0.671 bits per heavy atom. The molecular weight excluding hydrogens is 863 g/mol. The number of aliphatic hydroxyl groups excluding tert-OH is 2. The Bertz CT molecular complexity index is 1090. The van der Waals surface area contributed by atoms with E-state index in [2.05, 4.69) is 31.3 Å². The topological polar surface area (TPSA) is 95.9 Å². The molecule has 414 valence electrons. The molecule has 0 bridgehead atoms. The maximum absolute atomic E-state index is 12.5. The Morgan fingerprint density at radius 1 is 0.386 bits per heavy atom. The highest BCUT2D eigenvalue weighted by Gasteiger charge is 2.18. The third kappa shape index (κ3) is 55.7. The average molecular weight is 987 g/mol. The molecule has 6 heteroatoms. The number of carbonyl (C=O) groups excluding carboxylic acids is 2. The summed E-state index contributed by atoms with van der Waals surface area (Å²) in [5.41, 5.74) is 0. The molecule has 0 saturated carbocycles. The Labute approximate surface area is 437 Å². The average Bonchev–Trinajstić information content (AvgIpc) is 3.36. The van der Waals surface area contributed by atoms with Crippen molar-refractivity contribution in [1.29, 1.82) is 0 Å². The standard InChI is InChI=1S/C64H123NO5/c1-3-5-7-9-11-13-15-17-19-21-23-25-30-34-38-42-46-50-54-58-64(69)70-59-55-51-47-43-39-35-31-27-26-29-33-37-41-45-49-53-57-63(68)65-61(60-66)62(67)56-52-48-44-40-36-32-28-24-22-20-18-16-14-12-10-8-6-4-2/h26,29,52,56,61-62,66-67H,3-25,27-28,30-51,53-55,57-60H2,1-2H3,(H,65,68)/b29-26-,56-52+. The van der Waals surface area contributed by atoms with Crippen molar-refractivity contribution in [2.75, 3.05) is 13.2 Å². The maximum atomic E-state index is 12.5. The second kappa shape index (κ2) is 59.9. The van der Waals surface area contributed by atoms with Gasteiger partial charge in [0.15, 0.2) is 0 Å². The number of unbranched alkanes of at least 4 members (excludes halogenated alkanes) is 46. The van der Waals surface area contributed by atoms with E-state index >= 15 is 0 Å². The first kappa shape index (κ1) is 68.3. The fourth-order valence-electron chi connectivity index (χ4n) is 9.87. The zero-order chi connectivity index (χ0) is 50.7. The molecule has 0 radical (unpaired) electrons. The van der Waals surface area contributed by atoms with Crippen molar-refractivity contribution in [3.8, 4) is 0 Å². The first-order valence-corrected chi connectivity index (χ1v) is 31.6. The van der Waals surface area contributed by atoms with Crippen molar-refractivity contribution in [3.05, 3.63) is 24.3 Å². The molecule has 0 spiro atoms. The van der Waals surface area contributed by atoms with E-state index < -0.39 is 12.1 Å². The Hall–Kier alpha value is -1.66. The van der Waals surface area contributed by atoms with Crippen LogP contribution in [-0.4, -0.2) is 47.4 Å². The molecule has 0 aromatic heterocycles. The van der Waals surface area contributed by atoms with E-state index in [4.69, 9.17) is 4.74 Å². The van der Waals surface area contributed by atoms with E-state index in [1.54, 1.807) is 6.08 Å². The predicted molar refractivity (Wildman–Crippen MR) is 306 cm³/mol. The van der Waals surface area contributed by atoms with Gasteiger partial charge in [0.1, 0.15) is 0 Å². The van der Waals surface area contributed by atoms with Gasteiger partial charge in [-0.1, -0.05) is 301 Å². The van der Waals surface area contributed by atoms with Gasteiger partial charge < -0.3 is 20.3 Å². The Kier molecular flexibility index (Phi) is 58.5. The van der Waals surface area contributed by atoms with E-state index in [0.29, 0.717) is 19.4 Å². The fraction of sp³-hybridized carbons (Fsp3) is 0.906. The number of rotatable bonds is 59. The van der Waals surface area contributed by atoms with Crippen LogP contribution < -0.4 is 5.32 Å². The number of allylic oxidation sites excluding steroid dienone is 3. The van der Waals surface area contributed by atoms with E-state index in [1.165, 1.54) is 257 Å². The highest BCUT2D eigenvalue weighted by atomic mass is 16.5. The van der Waals surface area contributed by atoms with E-state index in [9.17, 15) is 19.8 Å². The SMILES string of the molecule is CCCCCCCCCCCCCCCCCC/C=C/C(O)C(CO)NC(=O)CCCCCCC/C=C\CCCCCCCCCOC(=O)CCCCCCCCCCCCCCCCCCCCC. The molecular formula is C64H123NO5. The zero-order valence-corrected chi connectivity index (χ0v) is 47.3. The fourth-order valence-corrected chi connectivity index (χ4v) is 9.87. The van der Waals surface area contributed by atoms with Crippen molar-refractivity contribution in [2.24, 2.45) is 0 Å². The molecule has 0 aliphatic carbocycles. The van der Waals surface area contributed by atoms with Crippen LogP contribution in [0.3, 0.4) is 0 Å². The summed E-state index contributed by atoms with van der Waals surface area (Å²) in [5, 5.41) is 23.2. The quantitative estimate of drug-likeness (QED) is 0.0321. The van der Waals surface area contributed by atoms with Crippen LogP contribution in [-0.2, 0) is 14.3 Å². The highest BCUT2D eigenvalue weighted by Crippen LogP contribution is 2.18. The number of esters is 1. The van der Waals surface area contributed by atoms with Gasteiger partial charge in [-0.15, -0.1) is 0 Å². The third-order valence-corrected chi connectivity index (χ3v) is 14.7. The van der Waals surface area contributed by atoms with Crippen molar-refractivity contribution in [1.82, 2.24) is 5.32 Å². The number of nitrogens with one attached hydrogen (secondary N) is 1. The minimum Gasteiger partial charge on any atom is -0.466 e. The summed E-state index contributed by atoms with van der Waals surface area (Å²) in [6.45, 7) is 4.91. The second-order valence-electron chi connectivity index (χ2n) is 21.7. The highest BCUT2D eigenvalue weighted by molar-refractivity contribution is 5.76. The van der Waals surface area contributed by atoms with Crippen molar-refractivity contribution >= 4 is 11.9 Å². The molecule has 70 heavy (non-hydrogen) atoms. The monoisotopic (exact) mass is 986 g/mol. The van der Waals surface area contributed by atoms with Crippen LogP contribution >= 0.6 is 0 Å². The lowest BCUT2D eigenvalue weighted by atomic mass is 10.0. The lowest BCUT2D eigenvalue weighted by Gasteiger charge is -2.20. The lowest BCUT2D eigenvalue weighted by Crippen LogP contribution is -2.45. The zero-order valence-electron chi connectivity index (χ0n) is 47.3. The maximum Gasteiger partial charge on any atom is 0.305 e. The molecule has 6 nitrogen and oxygen atoms in total. The minimum atomic E-state index is -0.855. The number of ether oxygens (including phenoxy) is 1. The first-order chi connectivity index (χ1) is 34.5. The molecule has 0 aromatic carbocycles. The van der Waals surface area contributed by atoms with E-state index in [0.717, 1.165) is 64.2 Å². The number of hydrogen-bond acceptors (Lipinski definition) is 5. The molecule has 3 N–H and O–H groups in total. The smallest absolute Gasteiger partial charge is 0.305 e. The largest absolute Gasteiger partial charge is 0.466 e. The predicted octanol–water partition coefficient (Wildman–Crippen LogP) is 19.8. The van der Waals surface area contributed by atoms with Crippen LogP contribution in [0.1, 0.15) is 348 Å². The van der Waals surface area contributed by atoms with Gasteiger partial charge in [0.05, 0.1) is 25.4 Å². The summed E-state index contributed by atoms with van der Waals surface area (Å²) >= 11 is 0. The number of aliphatic hydroxyl groups is 2. The van der Waals surface area contributed by atoms with Gasteiger partial charge in [0.25, 0.3) is 0 Å². The van der Waals surface area contributed by atoms with Crippen LogP contribution in [0.5, 0.6) is 0 Å². The lowest BCUT2D eigenvalue weighted by molar-refractivity contribution is -0.143. The summed E-state index contributed by atoms with van der Waals surface area (Å²) in [6, 6.07) is -0.640. The van der Waals surface area contributed by atoms with E-state index in [1.807, 2.05) is 6.08 Å². The molecule has 0 rings (SSSR count). The normalized spacial score (nSPS) is 12.7. The van der Waals surface area contributed by atoms with Crippen LogP contribution in [0.2, 0.25) is 0 Å². The van der Waals surface area contributed by atoms with Crippen LogP contribution in [0, 0.1) is 0 Å². The van der Waals surface area contributed by atoms with Gasteiger partial charge in [0.2, 0.25) is 5.91 Å². The van der Waals surface area contributed by atoms with Crippen molar-refractivity contribution < 1.29 is 24.5 Å². The van der Waals surface area contributed by atoms with Gasteiger partial charge in [-0.3, -0.25) is 9.59 Å². The van der Waals surface area contributed by atoms with Crippen LogP contribution in [0.4, 0.5) is 0 Å². The molecule has 1 amide bonds. The van der Waals surface area contributed by atoms with Crippen LogP contribution in [0.15, 0.2) is 24.3 Å². The molecule has 0 aliphatic rings. The second-order valence-corrected chi connectivity index (χ2v) is 21.7. The Balaban J connectivity index is 3.46. The molecule has 0 aromatic rings. The van der Waals surface area contributed by atoms with Gasteiger partial charge >= 0.3 is 5.97 Å². The molecule has 0 saturated heterocycles. The molecule has 0 fully saturated rings. The summed E-state index contributed by atoms with van der Waals surface area (Å²) in [6.07, 6.45) is 73.6. The van der Waals surface area contributed by atoms with Gasteiger partial charge in [-0.05, 0) is 57.8 Å². The molecule has 0 aliphatic heterocycles. The summed E-state index contributed by atoms with van der Waals surface area (Å²) in [4.78, 5) is 24.6. The Morgan fingerprint density at radius 3 is 1.01 bits per heavy atom. The summed E-state index contributed by atoms with van der Waals surface area (Å²) in [5.74, 6) is -0.0809. The number of hydrogen-bond donors (Lipinski definition) is 3. The van der Waals surface area contributed by atoms with Gasteiger partial charge in [-0.2, -0.15) is 0 Å². The number of amides is 1. The first-order valence-electron chi connectivity index (χ1n) is 31.6. The van der Waals surface area contributed by atoms with Gasteiger partial charge in [0, 0.05) is 12.8 Å². The molecule has 2 atom stereocenters. The van der Waals surface area contributed by atoms with Gasteiger partial charge in [-0.25, -0.2) is 0 Å². The van der Waals surface area contributed by atoms with Crippen LogP contribution in [0.25, 0.3) is 0 Å². The molecule has 2 unspecified atom stereocenters. The van der Waals surface area contributed by atoms with Crippen molar-refractivity contribution in [3.63, 3.8) is 0 Å².